The molecule has 19 heavy (non-hydrogen) atoms. The van der Waals surface area contributed by atoms with Gasteiger partial charge in [0.1, 0.15) is 0 Å². The molecule has 1 aliphatic heterocycles. The number of halogens is 2. The van der Waals surface area contributed by atoms with E-state index in [1.54, 1.807) is 6.07 Å². The maximum atomic E-state index is 12.2. The Kier molecular flexibility index (Phi) is 3.92. The van der Waals surface area contributed by atoms with Gasteiger partial charge in [-0.25, -0.2) is 0 Å². The summed E-state index contributed by atoms with van der Waals surface area (Å²) in [6.45, 7) is 0.240. The Bertz CT molecular complexity index is 622. The molecule has 2 amide bonds. The molecule has 0 aromatic heterocycles. The first-order valence-electron chi connectivity index (χ1n) is 5.49. The molecule has 1 aromatic rings. The summed E-state index contributed by atoms with van der Waals surface area (Å²) in [7, 11) is 0. The lowest BCUT2D eigenvalue weighted by Gasteiger charge is -2.12. The van der Waals surface area contributed by atoms with E-state index in [4.69, 9.17) is 11.0 Å². The molecule has 1 aromatic carbocycles. The first kappa shape index (κ1) is 14.0. The molecule has 0 aliphatic carbocycles. The number of nitriles is 1. The van der Waals surface area contributed by atoms with Gasteiger partial charge in [-0.3, -0.25) is 14.5 Å². The number of rotatable bonds is 3. The van der Waals surface area contributed by atoms with E-state index in [0.29, 0.717) is 38.6 Å². The number of nitrogens with zero attached hydrogens (tertiary/aromatic N) is 2. The van der Waals surface area contributed by atoms with Gasteiger partial charge in [0, 0.05) is 17.4 Å². The summed E-state index contributed by atoms with van der Waals surface area (Å²) < 4.78 is 0.996. The van der Waals surface area contributed by atoms with Crippen molar-refractivity contribution in [3.05, 3.63) is 26.1 Å². The third-order valence-electron chi connectivity index (χ3n) is 2.86. The Morgan fingerprint density at radius 3 is 2.63 bits per heavy atom. The first-order valence-corrected chi connectivity index (χ1v) is 7.08. The van der Waals surface area contributed by atoms with Crippen molar-refractivity contribution >= 4 is 49.4 Å². The van der Waals surface area contributed by atoms with Crippen LogP contribution < -0.4 is 5.73 Å². The molecule has 0 unspecified atom stereocenters. The highest BCUT2D eigenvalue weighted by atomic mass is 79.9. The van der Waals surface area contributed by atoms with Gasteiger partial charge >= 0.3 is 0 Å². The molecule has 0 atom stereocenters. The van der Waals surface area contributed by atoms with Crippen molar-refractivity contribution in [2.24, 2.45) is 0 Å². The van der Waals surface area contributed by atoms with Crippen LogP contribution in [0.4, 0.5) is 5.69 Å². The van der Waals surface area contributed by atoms with E-state index in [1.165, 1.54) is 0 Å². The van der Waals surface area contributed by atoms with Crippen molar-refractivity contribution in [2.75, 3.05) is 12.3 Å². The predicted octanol–water partition coefficient (Wildman–Crippen LogP) is 2.69. The van der Waals surface area contributed by atoms with Gasteiger partial charge in [-0.05, 0) is 44.3 Å². The summed E-state index contributed by atoms with van der Waals surface area (Å²) >= 11 is 6.50. The summed E-state index contributed by atoms with van der Waals surface area (Å²) in [5.41, 5.74) is 6.82. The highest BCUT2D eigenvalue weighted by Gasteiger charge is 2.38. The largest absolute Gasteiger partial charge is 0.397 e. The third kappa shape index (κ3) is 2.26. The zero-order valence-electron chi connectivity index (χ0n) is 9.74. The fourth-order valence-corrected chi connectivity index (χ4v) is 3.19. The lowest BCUT2D eigenvalue weighted by atomic mass is 10.1. The number of carbonyl (C=O) groups excluding carboxylic acids is 2. The van der Waals surface area contributed by atoms with Crippen molar-refractivity contribution in [2.45, 2.75) is 12.8 Å². The van der Waals surface area contributed by atoms with Crippen LogP contribution in [0.3, 0.4) is 0 Å². The molecular weight excluding hydrogens is 378 g/mol. The van der Waals surface area contributed by atoms with Crippen LogP contribution in [0.15, 0.2) is 15.0 Å². The average Bonchev–Trinajstić information content (AvgIpc) is 2.61. The fourth-order valence-electron chi connectivity index (χ4n) is 1.90. The summed E-state index contributed by atoms with van der Waals surface area (Å²) in [6, 6.07) is 3.54. The maximum absolute atomic E-state index is 12.2. The lowest BCUT2D eigenvalue weighted by Crippen LogP contribution is -2.30. The van der Waals surface area contributed by atoms with Gasteiger partial charge in [-0.2, -0.15) is 5.26 Å². The molecule has 98 valence electrons. The fraction of sp³-hybridized carbons (Fsp3) is 0.250. The Morgan fingerprint density at radius 1 is 1.32 bits per heavy atom. The maximum Gasteiger partial charge on any atom is 0.262 e. The van der Waals surface area contributed by atoms with Crippen molar-refractivity contribution in [1.29, 1.82) is 5.26 Å². The van der Waals surface area contributed by atoms with Crippen molar-refractivity contribution < 1.29 is 9.59 Å². The van der Waals surface area contributed by atoms with E-state index in [1.807, 2.05) is 6.07 Å². The smallest absolute Gasteiger partial charge is 0.262 e. The number of anilines is 1. The normalized spacial score (nSPS) is 13.6. The molecule has 5 nitrogen and oxygen atoms in total. The average molecular weight is 387 g/mol. The van der Waals surface area contributed by atoms with Crippen molar-refractivity contribution in [3.8, 4) is 6.07 Å². The number of unbranched alkanes of at least 4 members (excludes halogenated alkanes) is 1. The number of benzene rings is 1. The quantitative estimate of drug-likeness (QED) is 0.491. The second-order valence-corrected chi connectivity index (χ2v) is 5.68. The Morgan fingerprint density at radius 2 is 2.00 bits per heavy atom. The van der Waals surface area contributed by atoms with Gasteiger partial charge in [-0.15, -0.1) is 0 Å². The molecule has 1 aliphatic rings. The summed E-state index contributed by atoms with van der Waals surface area (Å²) in [5.74, 6) is -0.719. The highest BCUT2D eigenvalue weighted by Crippen LogP contribution is 2.38. The Balaban J connectivity index is 2.40. The number of carbonyl (C=O) groups is 2. The van der Waals surface area contributed by atoms with E-state index >= 15 is 0 Å². The zero-order chi connectivity index (χ0) is 14.2. The number of nitrogens with two attached hydrogens (primary N) is 1. The van der Waals surface area contributed by atoms with Crippen LogP contribution in [0, 0.1) is 11.3 Å². The minimum atomic E-state index is -0.371. The molecule has 2 N–H and O–H groups in total. The predicted molar refractivity (Wildman–Crippen MR) is 76.5 cm³/mol. The van der Waals surface area contributed by atoms with Crippen molar-refractivity contribution in [1.82, 2.24) is 4.90 Å². The minimum absolute atomic E-state index is 0.240. The molecule has 0 spiro atoms. The van der Waals surface area contributed by atoms with Crippen LogP contribution in [-0.4, -0.2) is 23.3 Å². The second kappa shape index (κ2) is 5.31. The van der Waals surface area contributed by atoms with Crippen LogP contribution in [0.1, 0.15) is 33.6 Å². The highest BCUT2D eigenvalue weighted by molar-refractivity contribution is 9.11. The van der Waals surface area contributed by atoms with E-state index in [-0.39, 0.29) is 18.4 Å². The number of amides is 2. The van der Waals surface area contributed by atoms with Gasteiger partial charge in [0.2, 0.25) is 0 Å². The molecular formula is C12H9Br2N3O2. The van der Waals surface area contributed by atoms with E-state index in [2.05, 4.69) is 31.9 Å². The molecule has 0 saturated heterocycles. The standard InChI is InChI=1S/C12H9Br2N3O2/c13-7-5-6-8(9(14)10(7)16)12(19)17(11(6)18)4-2-1-3-15/h5H,1-2,4,16H2. The van der Waals surface area contributed by atoms with Gasteiger partial charge < -0.3 is 5.73 Å². The van der Waals surface area contributed by atoms with Gasteiger partial charge in [0.05, 0.1) is 27.4 Å². The molecule has 0 radical (unpaired) electrons. The summed E-state index contributed by atoms with van der Waals surface area (Å²) in [5, 5.41) is 8.49. The number of nitrogen functional groups attached to an aromatic ring is 1. The molecule has 0 fully saturated rings. The zero-order valence-corrected chi connectivity index (χ0v) is 12.9. The van der Waals surface area contributed by atoms with E-state index < -0.39 is 0 Å². The van der Waals surface area contributed by atoms with Crippen molar-refractivity contribution in [3.63, 3.8) is 0 Å². The van der Waals surface area contributed by atoms with Crippen LogP contribution in [0.2, 0.25) is 0 Å². The number of hydrogen-bond acceptors (Lipinski definition) is 4. The molecule has 1 heterocycles. The van der Waals surface area contributed by atoms with Crippen LogP contribution in [0.5, 0.6) is 0 Å². The van der Waals surface area contributed by atoms with Crippen LogP contribution >= 0.6 is 31.9 Å². The molecule has 2 rings (SSSR count). The third-order valence-corrected chi connectivity index (χ3v) is 4.34. The Labute approximate surface area is 126 Å². The van der Waals surface area contributed by atoms with E-state index in [0.717, 1.165) is 4.90 Å². The topological polar surface area (TPSA) is 87.2 Å². The Hall–Kier alpha value is -1.39. The van der Waals surface area contributed by atoms with E-state index in [9.17, 15) is 9.59 Å². The molecule has 0 saturated carbocycles. The summed E-state index contributed by atoms with van der Waals surface area (Å²) in [6.07, 6.45) is 0.774. The SMILES string of the molecule is N#CCCCN1C(=O)c2cc(Br)c(N)c(Br)c2C1=O. The summed E-state index contributed by atoms with van der Waals surface area (Å²) in [4.78, 5) is 25.5. The lowest BCUT2D eigenvalue weighted by molar-refractivity contribution is 0.0653. The van der Waals surface area contributed by atoms with Gasteiger partial charge in [0.25, 0.3) is 11.8 Å². The monoisotopic (exact) mass is 385 g/mol. The first-order chi connectivity index (χ1) is 8.99. The van der Waals surface area contributed by atoms with Gasteiger partial charge in [-0.1, -0.05) is 0 Å². The molecule has 7 heteroatoms. The second-order valence-electron chi connectivity index (χ2n) is 4.03. The van der Waals surface area contributed by atoms with Gasteiger partial charge in [0.15, 0.2) is 0 Å². The minimum Gasteiger partial charge on any atom is -0.397 e. The van der Waals surface area contributed by atoms with Crippen LogP contribution in [0.25, 0.3) is 0 Å². The van der Waals surface area contributed by atoms with Crippen LogP contribution in [-0.2, 0) is 0 Å². The number of imide groups is 1. The number of fused-ring (bicyclic) bond motifs is 1. The number of hydrogen-bond donors (Lipinski definition) is 1. The molecule has 0 bridgehead atoms.